The predicted octanol–water partition coefficient (Wildman–Crippen LogP) is 4.81. The van der Waals surface area contributed by atoms with Gasteiger partial charge < -0.3 is 19.5 Å². The minimum Gasteiger partial charge on any atom is -0.496 e. The Morgan fingerprint density at radius 2 is 1.71 bits per heavy atom. The topological polar surface area (TPSA) is 98.8 Å². The standard InChI is InChI=1S/C22H20ClN3O5/c1-13-11-15(8-9-16(13)23)31-19-10-7-14(12-24-19)25-22(28)26-21(27)20-17(29-2)5-4-6-18(20)30-3/h4-12H,1-3H3,(H2,25,26,27,28). The second-order valence-electron chi connectivity index (χ2n) is 6.34. The Kier molecular flexibility index (Phi) is 6.94. The van der Waals surface area contributed by atoms with Crippen LogP contribution >= 0.6 is 11.6 Å². The highest BCUT2D eigenvalue weighted by atomic mass is 35.5. The third-order valence-corrected chi connectivity index (χ3v) is 4.65. The van der Waals surface area contributed by atoms with Gasteiger partial charge in [0.05, 0.1) is 26.1 Å². The summed E-state index contributed by atoms with van der Waals surface area (Å²) in [7, 11) is 2.85. The molecular weight excluding hydrogens is 422 g/mol. The number of aromatic nitrogens is 1. The average molecular weight is 442 g/mol. The van der Waals surface area contributed by atoms with E-state index in [0.717, 1.165) is 5.56 Å². The van der Waals surface area contributed by atoms with Crippen LogP contribution < -0.4 is 24.8 Å². The van der Waals surface area contributed by atoms with Crippen molar-refractivity contribution in [3.8, 4) is 23.1 Å². The lowest BCUT2D eigenvalue weighted by Gasteiger charge is -2.13. The van der Waals surface area contributed by atoms with E-state index in [-0.39, 0.29) is 17.1 Å². The van der Waals surface area contributed by atoms with Crippen LogP contribution in [0, 0.1) is 6.92 Å². The zero-order chi connectivity index (χ0) is 22.4. The molecular formula is C22H20ClN3O5. The number of pyridine rings is 1. The van der Waals surface area contributed by atoms with Crippen molar-refractivity contribution in [2.24, 2.45) is 0 Å². The smallest absolute Gasteiger partial charge is 0.326 e. The minimum absolute atomic E-state index is 0.114. The molecule has 3 amide bonds. The van der Waals surface area contributed by atoms with Crippen molar-refractivity contribution in [2.45, 2.75) is 6.92 Å². The molecule has 0 fully saturated rings. The summed E-state index contributed by atoms with van der Waals surface area (Å²) in [5.41, 5.74) is 1.37. The summed E-state index contributed by atoms with van der Waals surface area (Å²) in [6, 6.07) is 12.6. The number of carbonyl (C=O) groups excluding carboxylic acids is 2. The maximum atomic E-state index is 12.5. The van der Waals surface area contributed by atoms with Gasteiger partial charge in [0.15, 0.2) is 0 Å². The number of amides is 3. The molecule has 0 aliphatic heterocycles. The number of benzene rings is 2. The van der Waals surface area contributed by atoms with E-state index in [1.54, 1.807) is 48.5 Å². The quantitative estimate of drug-likeness (QED) is 0.569. The first-order valence-corrected chi connectivity index (χ1v) is 9.52. The van der Waals surface area contributed by atoms with E-state index in [2.05, 4.69) is 15.6 Å². The highest BCUT2D eigenvalue weighted by Gasteiger charge is 2.20. The SMILES string of the molecule is COc1cccc(OC)c1C(=O)NC(=O)Nc1ccc(Oc2ccc(Cl)c(C)c2)nc1. The molecule has 31 heavy (non-hydrogen) atoms. The van der Waals surface area contributed by atoms with E-state index >= 15 is 0 Å². The Labute approximate surface area is 184 Å². The minimum atomic E-state index is -0.734. The summed E-state index contributed by atoms with van der Waals surface area (Å²) in [6.45, 7) is 1.87. The van der Waals surface area contributed by atoms with Gasteiger partial charge in [0.25, 0.3) is 5.91 Å². The number of nitrogens with one attached hydrogen (secondary N) is 2. The second kappa shape index (κ2) is 9.82. The lowest BCUT2D eigenvalue weighted by atomic mass is 10.1. The number of halogens is 1. The Hall–Kier alpha value is -3.78. The Bertz CT molecular complexity index is 1080. The number of nitrogens with zero attached hydrogens (tertiary/aromatic N) is 1. The first kappa shape index (κ1) is 21.9. The van der Waals surface area contributed by atoms with Gasteiger partial charge in [-0.1, -0.05) is 17.7 Å². The third-order valence-electron chi connectivity index (χ3n) is 4.23. The molecule has 1 heterocycles. The van der Waals surface area contributed by atoms with Crippen LogP contribution in [0.2, 0.25) is 5.02 Å². The van der Waals surface area contributed by atoms with E-state index in [4.69, 9.17) is 25.8 Å². The molecule has 1 aromatic heterocycles. The molecule has 0 bridgehead atoms. The molecule has 2 aromatic carbocycles. The number of ether oxygens (including phenoxy) is 3. The summed E-state index contributed by atoms with van der Waals surface area (Å²) < 4.78 is 16.0. The van der Waals surface area contributed by atoms with E-state index < -0.39 is 11.9 Å². The van der Waals surface area contributed by atoms with E-state index in [1.807, 2.05) is 6.92 Å². The monoisotopic (exact) mass is 441 g/mol. The van der Waals surface area contributed by atoms with Gasteiger partial charge in [-0.15, -0.1) is 0 Å². The van der Waals surface area contributed by atoms with Gasteiger partial charge in [-0.2, -0.15) is 0 Å². The van der Waals surface area contributed by atoms with Gasteiger partial charge in [-0.25, -0.2) is 9.78 Å². The molecule has 3 rings (SSSR count). The van der Waals surface area contributed by atoms with Crippen molar-refractivity contribution in [3.05, 3.63) is 70.9 Å². The van der Waals surface area contributed by atoms with Crippen LogP contribution in [0.5, 0.6) is 23.1 Å². The lowest BCUT2D eigenvalue weighted by molar-refractivity contribution is 0.0961. The number of anilines is 1. The molecule has 3 aromatic rings. The van der Waals surface area contributed by atoms with Crippen LogP contribution in [-0.2, 0) is 0 Å². The molecule has 9 heteroatoms. The second-order valence-corrected chi connectivity index (χ2v) is 6.75. The maximum Gasteiger partial charge on any atom is 0.326 e. The number of urea groups is 1. The predicted molar refractivity (Wildman–Crippen MR) is 117 cm³/mol. The molecule has 0 saturated heterocycles. The van der Waals surface area contributed by atoms with E-state index in [0.29, 0.717) is 22.3 Å². The molecule has 2 N–H and O–H groups in total. The zero-order valence-electron chi connectivity index (χ0n) is 17.1. The fourth-order valence-electron chi connectivity index (χ4n) is 2.72. The van der Waals surface area contributed by atoms with Gasteiger partial charge in [-0.3, -0.25) is 10.1 Å². The molecule has 0 atom stereocenters. The summed E-state index contributed by atoms with van der Waals surface area (Å²) in [6.07, 6.45) is 1.41. The van der Waals surface area contributed by atoms with Gasteiger partial charge >= 0.3 is 6.03 Å². The highest BCUT2D eigenvalue weighted by Crippen LogP contribution is 2.28. The van der Waals surface area contributed by atoms with Crippen molar-refractivity contribution < 1.29 is 23.8 Å². The van der Waals surface area contributed by atoms with Crippen LogP contribution in [-0.4, -0.2) is 31.1 Å². The van der Waals surface area contributed by atoms with Crippen LogP contribution in [0.15, 0.2) is 54.7 Å². The molecule has 0 aliphatic rings. The Morgan fingerprint density at radius 1 is 1.00 bits per heavy atom. The molecule has 0 aliphatic carbocycles. The van der Waals surface area contributed by atoms with Crippen LogP contribution in [0.1, 0.15) is 15.9 Å². The number of carbonyl (C=O) groups is 2. The van der Waals surface area contributed by atoms with Crippen molar-refractivity contribution in [1.29, 1.82) is 0 Å². The van der Waals surface area contributed by atoms with Gasteiger partial charge in [0.2, 0.25) is 5.88 Å². The van der Waals surface area contributed by atoms with Crippen molar-refractivity contribution in [1.82, 2.24) is 10.3 Å². The van der Waals surface area contributed by atoms with Crippen LogP contribution in [0.4, 0.5) is 10.5 Å². The maximum absolute atomic E-state index is 12.5. The molecule has 0 radical (unpaired) electrons. The number of methoxy groups -OCH3 is 2. The number of hydrogen-bond donors (Lipinski definition) is 2. The number of aryl methyl sites for hydroxylation is 1. The summed E-state index contributed by atoms with van der Waals surface area (Å²) in [5, 5.41) is 5.42. The molecule has 0 spiro atoms. The van der Waals surface area contributed by atoms with Gasteiger partial charge in [0, 0.05) is 11.1 Å². The normalized spacial score (nSPS) is 10.2. The highest BCUT2D eigenvalue weighted by molar-refractivity contribution is 6.31. The van der Waals surface area contributed by atoms with Gasteiger partial charge in [0.1, 0.15) is 22.8 Å². The third kappa shape index (κ3) is 5.43. The Morgan fingerprint density at radius 3 is 2.29 bits per heavy atom. The summed E-state index contributed by atoms with van der Waals surface area (Å²) >= 11 is 6.01. The molecule has 0 saturated carbocycles. The van der Waals surface area contributed by atoms with E-state index in [9.17, 15) is 9.59 Å². The summed E-state index contributed by atoms with van der Waals surface area (Å²) in [5.74, 6) is 0.819. The fourth-order valence-corrected chi connectivity index (χ4v) is 2.84. The fraction of sp³-hybridized carbons (Fsp3) is 0.136. The largest absolute Gasteiger partial charge is 0.496 e. The zero-order valence-corrected chi connectivity index (χ0v) is 17.8. The van der Waals surface area contributed by atoms with Crippen molar-refractivity contribution >= 4 is 29.2 Å². The number of hydrogen-bond acceptors (Lipinski definition) is 6. The number of rotatable bonds is 6. The van der Waals surface area contributed by atoms with Crippen LogP contribution in [0.25, 0.3) is 0 Å². The first-order chi connectivity index (χ1) is 14.9. The summed E-state index contributed by atoms with van der Waals surface area (Å²) in [4.78, 5) is 28.9. The van der Waals surface area contributed by atoms with Crippen molar-refractivity contribution in [2.75, 3.05) is 19.5 Å². The number of imide groups is 1. The molecule has 0 unspecified atom stereocenters. The van der Waals surface area contributed by atoms with E-state index in [1.165, 1.54) is 20.4 Å². The van der Waals surface area contributed by atoms with Gasteiger partial charge in [-0.05, 0) is 48.9 Å². The van der Waals surface area contributed by atoms with Crippen molar-refractivity contribution in [3.63, 3.8) is 0 Å². The average Bonchev–Trinajstić information content (AvgIpc) is 2.76. The lowest BCUT2D eigenvalue weighted by Crippen LogP contribution is -2.34. The molecule has 8 nitrogen and oxygen atoms in total. The Balaban J connectivity index is 1.63. The first-order valence-electron chi connectivity index (χ1n) is 9.14. The van der Waals surface area contributed by atoms with Crippen LogP contribution in [0.3, 0.4) is 0 Å². The molecule has 160 valence electrons.